The van der Waals surface area contributed by atoms with Crippen LogP contribution in [0.3, 0.4) is 0 Å². The molecule has 2 unspecified atom stereocenters. The normalized spacial score (nSPS) is 15.4. The van der Waals surface area contributed by atoms with Gasteiger partial charge in [0.1, 0.15) is 0 Å². The Balaban J connectivity index is 4.07. The topological polar surface area (TPSA) is 47.7 Å². The van der Waals surface area contributed by atoms with Gasteiger partial charge < -0.3 is 15.2 Å². The van der Waals surface area contributed by atoms with Crippen LogP contribution >= 0.6 is 0 Å². The Morgan fingerprint density at radius 1 is 1.19 bits per heavy atom. The van der Waals surface area contributed by atoms with Crippen LogP contribution in [0.5, 0.6) is 0 Å². The minimum Gasteiger partial charge on any atom is -0.383 e. The first kappa shape index (κ1) is 15.8. The van der Waals surface area contributed by atoms with Crippen molar-refractivity contribution in [2.45, 2.75) is 26.3 Å². The zero-order chi connectivity index (χ0) is 12.4. The summed E-state index contributed by atoms with van der Waals surface area (Å²) in [7, 11) is 3.48. The molecule has 0 fully saturated rings. The molecule has 4 nitrogen and oxygen atoms in total. The van der Waals surface area contributed by atoms with Crippen molar-refractivity contribution in [3.8, 4) is 0 Å². The molecule has 0 heterocycles. The lowest BCUT2D eigenvalue weighted by Gasteiger charge is -2.30. The summed E-state index contributed by atoms with van der Waals surface area (Å²) < 4.78 is 10.3. The molecule has 0 aromatic heterocycles. The smallest absolute Gasteiger partial charge is 0.0615 e. The number of hydrogen-bond donors (Lipinski definition) is 1. The summed E-state index contributed by atoms with van der Waals surface area (Å²) in [6.07, 6.45) is 1.07. The van der Waals surface area contributed by atoms with Crippen LogP contribution in [0.4, 0.5) is 0 Å². The molecule has 0 saturated carbocycles. The summed E-state index contributed by atoms with van der Waals surface area (Å²) in [6.45, 7) is 8.74. The lowest BCUT2D eigenvalue weighted by Crippen LogP contribution is -2.41. The molecule has 0 aliphatic carbocycles. The standard InChI is InChI=1S/C12H28N2O2/c1-11(5-6-13)9-14(7-8-15-3)12(2)10-16-4/h11-12H,5-10,13H2,1-4H3. The van der Waals surface area contributed by atoms with Gasteiger partial charge in [-0.05, 0) is 25.8 Å². The fourth-order valence-corrected chi connectivity index (χ4v) is 1.82. The van der Waals surface area contributed by atoms with Gasteiger partial charge in [-0.2, -0.15) is 0 Å². The van der Waals surface area contributed by atoms with E-state index < -0.39 is 0 Å². The lowest BCUT2D eigenvalue weighted by atomic mass is 10.1. The van der Waals surface area contributed by atoms with Crippen molar-refractivity contribution in [2.24, 2.45) is 11.7 Å². The molecule has 0 aliphatic rings. The van der Waals surface area contributed by atoms with Crippen molar-refractivity contribution >= 4 is 0 Å². The minimum absolute atomic E-state index is 0.431. The summed E-state index contributed by atoms with van der Waals surface area (Å²) in [4.78, 5) is 2.41. The van der Waals surface area contributed by atoms with Gasteiger partial charge >= 0.3 is 0 Å². The van der Waals surface area contributed by atoms with Crippen LogP contribution in [0.2, 0.25) is 0 Å². The van der Waals surface area contributed by atoms with E-state index in [0.29, 0.717) is 12.0 Å². The summed E-state index contributed by atoms with van der Waals surface area (Å²) in [5.41, 5.74) is 5.57. The molecular weight excluding hydrogens is 204 g/mol. The first-order chi connectivity index (χ1) is 7.65. The zero-order valence-corrected chi connectivity index (χ0v) is 11.2. The maximum Gasteiger partial charge on any atom is 0.0615 e. The average Bonchev–Trinajstić information content (AvgIpc) is 2.24. The Morgan fingerprint density at radius 3 is 2.38 bits per heavy atom. The van der Waals surface area contributed by atoms with Gasteiger partial charge in [0, 0.05) is 33.4 Å². The van der Waals surface area contributed by atoms with E-state index >= 15 is 0 Å². The quantitative estimate of drug-likeness (QED) is 0.609. The molecule has 4 heteroatoms. The Bertz CT molecular complexity index is 156. The second-order valence-corrected chi connectivity index (χ2v) is 4.47. The maximum atomic E-state index is 5.57. The van der Waals surface area contributed by atoms with E-state index in [1.54, 1.807) is 14.2 Å². The summed E-state index contributed by atoms with van der Waals surface area (Å²) in [5, 5.41) is 0. The molecule has 2 N–H and O–H groups in total. The predicted molar refractivity (Wildman–Crippen MR) is 67.6 cm³/mol. The van der Waals surface area contributed by atoms with Crippen LogP contribution < -0.4 is 5.73 Å². The first-order valence-electron chi connectivity index (χ1n) is 6.07. The highest BCUT2D eigenvalue weighted by atomic mass is 16.5. The molecule has 0 rings (SSSR count). The molecule has 0 radical (unpaired) electrons. The van der Waals surface area contributed by atoms with Crippen molar-refractivity contribution in [1.29, 1.82) is 0 Å². The molecule has 2 atom stereocenters. The molecule has 98 valence electrons. The van der Waals surface area contributed by atoms with Crippen molar-refractivity contribution in [3.05, 3.63) is 0 Å². The van der Waals surface area contributed by atoms with Crippen LogP contribution in [0.15, 0.2) is 0 Å². The van der Waals surface area contributed by atoms with Crippen LogP contribution in [-0.2, 0) is 9.47 Å². The van der Waals surface area contributed by atoms with Crippen molar-refractivity contribution < 1.29 is 9.47 Å². The largest absolute Gasteiger partial charge is 0.383 e. The zero-order valence-electron chi connectivity index (χ0n) is 11.2. The minimum atomic E-state index is 0.431. The molecule has 0 aromatic carbocycles. The van der Waals surface area contributed by atoms with Crippen molar-refractivity contribution in [1.82, 2.24) is 4.90 Å². The molecule has 0 bridgehead atoms. The lowest BCUT2D eigenvalue weighted by molar-refractivity contribution is 0.0659. The van der Waals surface area contributed by atoms with E-state index in [1.807, 2.05) is 0 Å². The molecular formula is C12H28N2O2. The average molecular weight is 232 g/mol. The van der Waals surface area contributed by atoms with Gasteiger partial charge in [-0.3, -0.25) is 4.90 Å². The van der Waals surface area contributed by atoms with Crippen molar-refractivity contribution in [2.75, 3.05) is 47.1 Å². The third-order valence-corrected chi connectivity index (χ3v) is 2.82. The third-order valence-electron chi connectivity index (χ3n) is 2.82. The Morgan fingerprint density at radius 2 is 1.88 bits per heavy atom. The van der Waals surface area contributed by atoms with E-state index in [-0.39, 0.29) is 0 Å². The second kappa shape index (κ2) is 10.0. The van der Waals surface area contributed by atoms with E-state index in [1.165, 1.54) is 0 Å². The number of nitrogens with two attached hydrogens (primary N) is 1. The third kappa shape index (κ3) is 7.17. The fraction of sp³-hybridized carbons (Fsp3) is 1.00. The van der Waals surface area contributed by atoms with Gasteiger partial charge in [0.15, 0.2) is 0 Å². The number of rotatable bonds is 10. The predicted octanol–water partition coefficient (Wildman–Crippen LogP) is 0.955. The highest BCUT2D eigenvalue weighted by Gasteiger charge is 2.15. The van der Waals surface area contributed by atoms with E-state index in [4.69, 9.17) is 15.2 Å². The Hall–Kier alpha value is -0.160. The monoisotopic (exact) mass is 232 g/mol. The highest BCUT2D eigenvalue weighted by molar-refractivity contribution is 4.70. The van der Waals surface area contributed by atoms with E-state index in [2.05, 4.69) is 18.7 Å². The summed E-state index contributed by atoms with van der Waals surface area (Å²) in [5.74, 6) is 0.626. The van der Waals surface area contributed by atoms with Gasteiger partial charge in [0.2, 0.25) is 0 Å². The molecule has 0 aromatic rings. The Kier molecular flexibility index (Phi) is 9.92. The van der Waals surface area contributed by atoms with Gasteiger partial charge in [0.25, 0.3) is 0 Å². The molecule has 0 amide bonds. The van der Waals surface area contributed by atoms with Gasteiger partial charge in [-0.15, -0.1) is 0 Å². The molecule has 0 saturated heterocycles. The maximum absolute atomic E-state index is 5.57. The van der Waals surface area contributed by atoms with E-state index in [9.17, 15) is 0 Å². The first-order valence-corrected chi connectivity index (χ1v) is 6.07. The number of nitrogens with zero attached hydrogens (tertiary/aromatic N) is 1. The van der Waals surface area contributed by atoms with Crippen LogP contribution in [0.25, 0.3) is 0 Å². The van der Waals surface area contributed by atoms with E-state index in [0.717, 1.165) is 39.3 Å². The SMILES string of the molecule is COCCN(CC(C)CCN)C(C)COC. The molecule has 0 aliphatic heterocycles. The Labute approximate surface area is 100 Å². The number of hydrogen-bond acceptors (Lipinski definition) is 4. The van der Waals surface area contributed by atoms with Crippen LogP contribution in [0, 0.1) is 5.92 Å². The van der Waals surface area contributed by atoms with Gasteiger partial charge in [-0.25, -0.2) is 0 Å². The number of ether oxygens (including phenoxy) is 2. The molecule has 0 spiro atoms. The highest BCUT2D eigenvalue weighted by Crippen LogP contribution is 2.08. The fourth-order valence-electron chi connectivity index (χ4n) is 1.82. The van der Waals surface area contributed by atoms with Crippen molar-refractivity contribution in [3.63, 3.8) is 0 Å². The number of methoxy groups -OCH3 is 2. The second-order valence-electron chi connectivity index (χ2n) is 4.47. The van der Waals surface area contributed by atoms with Crippen LogP contribution in [-0.4, -0.2) is 58.0 Å². The summed E-state index contributed by atoms with van der Waals surface area (Å²) in [6, 6.07) is 0.431. The van der Waals surface area contributed by atoms with Crippen LogP contribution in [0.1, 0.15) is 20.3 Å². The van der Waals surface area contributed by atoms with Gasteiger partial charge in [-0.1, -0.05) is 6.92 Å². The van der Waals surface area contributed by atoms with Gasteiger partial charge in [0.05, 0.1) is 13.2 Å². The summed E-state index contributed by atoms with van der Waals surface area (Å²) >= 11 is 0. The molecule has 16 heavy (non-hydrogen) atoms.